The Bertz CT molecular complexity index is 979. The first-order chi connectivity index (χ1) is 12.9. The van der Waals surface area contributed by atoms with Gasteiger partial charge in [-0.25, -0.2) is 4.79 Å². The first-order valence-electron chi connectivity index (χ1n) is 8.38. The number of thiophene rings is 1. The largest absolute Gasteiger partial charge is 0.449 e. The van der Waals surface area contributed by atoms with Gasteiger partial charge in [0.05, 0.1) is 16.3 Å². The van der Waals surface area contributed by atoms with Gasteiger partial charge in [0.15, 0.2) is 6.10 Å². The van der Waals surface area contributed by atoms with Crippen molar-refractivity contribution in [2.75, 3.05) is 5.32 Å². The number of anilines is 1. The van der Waals surface area contributed by atoms with Crippen molar-refractivity contribution in [2.45, 2.75) is 26.9 Å². The van der Waals surface area contributed by atoms with Crippen LogP contribution in [0.25, 0.3) is 5.00 Å². The van der Waals surface area contributed by atoms with Crippen molar-refractivity contribution in [3.8, 4) is 5.00 Å². The molecule has 1 N–H and O–H groups in total. The van der Waals surface area contributed by atoms with Gasteiger partial charge in [0.25, 0.3) is 5.91 Å². The fraction of sp³-hybridized carbons (Fsp3) is 0.200. The lowest BCUT2D eigenvalue weighted by Gasteiger charge is -2.15. The predicted molar refractivity (Wildman–Crippen MR) is 108 cm³/mol. The van der Waals surface area contributed by atoms with Gasteiger partial charge in [-0.15, -0.1) is 11.3 Å². The van der Waals surface area contributed by atoms with E-state index in [1.165, 1.54) is 18.3 Å². The van der Waals surface area contributed by atoms with Gasteiger partial charge < -0.3 is 14.6 Å². The summed E-state index contributed by atoms with van der Waals surface area (Å²) in [6.07, 6.45) is 2.77. The number of nitrogens with zero attached hydrogens (tertiary/aromatic N) is 1. The number of rotatable bonds is 5. The minimum atomic E-state index is -0.967. The van der Waals surface area contributed by atoms with Crippen molar-refractivity contribution in [1.82, 2.24) is 4.57 Å². The lowest BCUT2D eigenvalue weighted by atomic mass is 10.1. The molecule has 7 heteroatoms. The Morgan fingerprint density at radius 2 is 1.81 bits per heavy atom. The van der Waals surface area contributed by atoms with Gasteiger partial charge in [0.1, 0.15) is 5.00 Å². The smallest absolute Gasteiger partial charge is 0.342 e. The van der Waals surface area contributed by atoms with Gasteiger partial charge >= 0.3 is 5.97 Å². The summed E-state index contributed by atoms with van der Waals surface area (Å²) in [6.45, 7) is 5.37. The van der Waals surface area contributed by atoms with Crippen LogP contribution in [-0.4, -0.2) is 22.5 Å². The van der Waals surface area contributed by atoms with Crippen molar-refractivity contribution in [1.29, 1.82) is 0 Å². The van der Waals surface area contributed by atoms with E-state index in [1.54, 1.807) is 24.3 Å². The molecule has 0 aliphatic rings. The summed E-state index contributed by atoms with van der Waals surface area (Å²) in [5.74, 6) is -0.967. The maximum atomic E-state index is 12.8. The molecular weight excluding hydrogens is 384 g/mol. The zero-order chi connectivity index (χ0) is 19.6. The average Bonchev–Trinajstić information content (AvgIpc) is 3.25. The molecule has 27 heavy (non-hydrogen) atoms. The molecule has 0 spiro atoms. The van der Waals surface area contributed by atoms with E-state index in [2.05, 4.69) is 5.32 Å². The van der Waals surface area contributed by atoms with E-state index in [1.807, 2.05) is 42.9 Å². The monoisotopic (exact) mass is 402 g/mol. The molecule has 0 aliphatic heterocycles. The number of hydrogen-bond acceptors (Lipinski definition) is 4. The number of ether oxygens (including phenoxy) is 1. The Kier molecular flexibility index (Phi) is 5.68. The van der Waals surface area contributed by atoms with Crippen molar-refractivity contribution in [3.05, 3.63) is 69.8 Å². The van der Waals surface area contributed by atoms with E-state index in [0.717, 1.165) is 15.4 Å². The molecule has 0 saturated heterocycles. The fourth-order valence-corrected chi connectivity index (χ4v) is 3.86. The molecule has 0 saturated carbocycles. The van der Waals surface area contributed by atoms with Crippen LogP contribution in [0.3, 0.4) is 0 Å². The van der Waals surface area contributed by atoms with Crippen LogP contribution < -0.4 is 5.32 Å². The number of amides is 1. The molecule has 1 amide bonds. The van der Waals surface area contributed by atoms with E-state index in [9.17, 15) is 9.59 Å². The molecule has 3 aromatic rings. The zero-order valence-electron chi connectivity index (χ0n) is 15.2. The van der Waals surface area contributed by atoms with Gasteiger partial charge in [-0.05, 0) is 50.6 Å². The normalized spacial score (nSPS) is 11.9. The topological polar surface area (TPSA) is 60.3 Å². The van der Waals surface area contributed by atoms with Gasteiger partial charge in [0.2, 0.25) is 0 Å². The van der Waals surface area contributed by atoms with Crippen molar-refractivity contribution >= 4 is 40.5 Å². The molecule has 0 radical (unpaired) electrons. The van der Waals surface area contributed by atoms with Crippen molar-refractivity contribution in [2.24, 2.45) is 0 Å². The van der Waals surface area contributed by atoms with Crippen LogP contribution in [-0.2, 0) is 9.53 Å². The number of halogens is 1. The quantitative estimate of drug-likeness (QED) is 0.611. The van der Waals surface area contributed by atoms with Crippen LogP contribution in [0.1, 0.15) is 27.7 Å². The Morgan fingerprint density at radius 1 is 1.15 bits per heavy atom. The molecule has 2 heterocycles. The van der Waals surface area contributed by atoms with Crippen LogP contribution in [0.4, 0.5) is 5.69 Å². The second kappa shape index (κ2) is 7.98. The number of hydrogen-bond donors (Lipinski definition) is 1. The molecule has 0 bridgehead atoms. The Balaban J connectivity index is 1.77. The summed E-state index contributed by atoms with van der Waals surface area (Å²) in [5.41, 5.74) is 1.81. The summed E-state index contributed by atoms with van der Waals surface area (Å²) in [6, 6.07) is 10.7. The Morgan fingerprint density at radius 3 is 2.48 bits per heavy atom. The number of nitrogens with one attached hydrogen (secondary N) is 1. The summed E-state index contributed by atoms with van der Waals surface area (Å²) < 4.78 is 7.31. The zero-order valence-corrected chi connectivity index (χ0v) is 16.7. The molecule has 1 atom stereocenters. The Labute approximate surface area is 166 Å². The number of para-hydroxylation sites is 1. The Hall–Kier alpha value is -2.57. The molecular formula is C20H19ClN2O3S. The van der Waals surface area contributed by atoms with Gasteiger partial charge in [-0.1, -0.05) is 23.7 Å². The summed E-state index contributed by atoms with van der Waals surface area (Å²) in [7, 11) is 0. The molecule has 0 fully saturated rings. The van der Waals surface area contributed by atoms with Crippen LogP contribution in [0.2, 0.25) is 5.02 Å². The number of benzene rings is 1. The third-order valence-electron chi connectivity index (χ3n) is 4.19. The molecule has 5 nitrogen and oxygen atoms in total. The highest BCUT2D eigenvalue weighted by Crippen LogP contribution is 2.32. The van der Waals surface area contributed by atoms with Crippen LogP contribution in [0.5, 0.6) is 0 Å². The van der Waals surface area contributed by atoms with E-state index < -0.39 is 18.0 Å². The third-order valence-corrected chi connectivity index (χ3v) is 5.74. The molecule has 140 valence electrons. The van der Waals surface area contributed by atoms with Crippen molar-refractivity contribution < 1.29 is 14.3 Å². The minimum absolute atomic E-state index is 0.420. The van der Waals surface area contributed by atoms with Crippen molar-refractivity contribution in [3.63, 3.8) is 0 Å². The number of aromatic nitrogens is 1. The summed E-state index contributed by atoms with van der Waals surface area (Å²) in [5, 5.41) is 3.87. The summed E-state index contributed by atoms with van der Waals surface area (Å²) >= 11 is 7.56. The van der Waals surface area contributed by atoms with E-state index >= 15 is 0 Å². The minimum Gasteiger partial charge on any atom is -0.449 e. The number of aryl methyl sites for hydroxylation is 1. The van der Waals surface area contributed by atoms with E-state index in [0.29, 0.717) is 16.3 Å². The van der Waals surface area contributed by atoms with Gasteiger partial charge in [-0.2, -0.15) is 0 Å². The highest BCUT2D eigenvalue weighted by Gasteiger charge is 2.26. The highest BCUT2D eigenvalue weighted by molar-refractivity contribution is 7.15. The molecule has 1 aromatic carbocycles. The predicted octanol–water partition coefficient (Wildman–Crippen LogP) is 4.99. The van der Waals surface area contributed by atoms with E-state index in [-0.39, 0.29) is 0 Å². The molecule has 0 aliphatic carbocycles. The number of carbonyl (C=O) groups is 2. The molecule has 2 aromatic heterocycles. The lowest BCUT2D eigenvalue weighted by Crippen LogP contribution is -2.30. The summed E-state index contributed by atoms with van der Waals surface area (Å²) in [4.78, 5) is 26.2. The maximum Gasteiger partial charge on any atom is 0.342 e. The molecule has 3 rings (SSSR count). The second-order valence-corrected chi connectivity index (χ2v) is 7.68. The standard InChI is InChI=1S/C20H19ClN2O3S/c1-12-14(3)27-19(23-10-6-7-11-23)17(12)20(25)26-13(2)18(24)22-16-9-5-4-8-15(16)21/h4-11,13H,1-3H3,(H,22,24)/t13-/m0/s1. The van der Waals surface area contributed by atoms with E-state index in [4.69, 9.17) is 16.3 Å². The van der Waals surface area contributed by atoms with Gasteiger partial charge in [0, 0.05) is 17.3 Å². The van der Waals surface area contributed by atoms with Crippen LogP contribution in [0.15, 0.2) is 48.8 Å². The third kappa shape index (κ3) is 4.07. The highest BCUT2D eigenvalue weighted by atomic mass is 35.5. The van der Waals surface area contributed by atoms with Crippen LogP contribution >= 0.6 is 22.9 Å². The number of carbonyl (C=O) groups excluding carboxylic acids is 2. The first-order valence-corrected chi connectivity index (χ1v) is 9.57. The lowest BCUT2D eigenvalue weighted by molar-refractivity contribution is -0.123. The fourth-order valence-electron chi connectivity index (χ4n) is 2.57. The second-order valence-electron chi connectivity index (χ2n) is 6.07. The average molecular weight is 403 g/mol. The first kappa shape index (κ1) is 19.2. The van der Waals surface area contributed by atoms with Gasteiger partial charge in [-0.3, -0.25) is 4.79 Å². The molecule has 0 unspecified atom stereocenters. The van der Waals surface area contributed by atoms with Crippen LogP contribution in [0, 0.1) is 13.8 Å². The maximum absolute atomic E-state index is 12.8. The SMILES string of the molecule is Cc1sc(-n2cccc2)c(C(=O)O[C@@H](C)C(=O)Nc2ccccc2Cl)c1C. The number of esters is 1.